The molecular weight excluding hydrogens is 302 g/mol. The summed E-state index contributed by atoms with van der Waals surface area (Å²) in [6.45, 7) is 0.893. The Kier molecular flexibility index (Phi) is 5.15. The second-order valence-corrected chi connectivity index (χ2v) is 7.95. The van der Waals surface area contributed by atoms with Gasteiger partial charge in [0, 0.05) is 28.3 Å². The van der Waals surface area contributed by atoms with Crippen LogP contribution in [-0.2, 0) is 4.74 Å². The van der Waals surface area contributed by atoms with Crippen molar-refractivity contribution in [3.63, 3.8) is 0 Å². The summed E-state index contributed by atoms with van der Waals surface area (Å²) in [5.41, 5.74) is 6.65. The number of nitrogens with two attached hydrogens (primary N) is 1. The minimum atomic E-state index is 0.172. The van der Waals surface area contributed by atoms with Crippen LogP contribution in [-0.4, -0.2) is 24.0 Å². The number of benzene rings is 1. The van der Waals surface area contributed by atoms with Gasteiger partial charge in [0.05, 0.1) is 5.60 Å². The molecular formula is C17H24ClNOS. The quantitative estimate of drug-likeness (QED) is 0.828. The van der Waals surface area contributed by atoms with Crippen molar-refractivity contribution < 1.29 is 4.74 Å². The zero-order chi connectivity index (χ0) is 14.7. The molecule has 2 unspecified atom stereocenters. The maximum absolute atomic E-state index is 6.47. The fourth-order valence-electron chi connectivity index (χ4n) is 3.66. The van der Waals surface area contributed by atoms with Crippen LogP contribution in [0.15, 0.2) is 29.2 Å². The van der Waals surface area contributed by atoms with Gasteiger partial charge in [-0.05, 0) is 55.9 Å². The van der Waals surface area contributed by atoms with Gasteiger partial charge >= 0.3 is 0 Å². The van der Waals surface area contributed by atoms with Crippen molar-refractivity contribution in [2.75, 3.05) is 12.4 Å². The van der Waals surface area contributed by atoms with Crippen molar-refractivity contribution in [2.45, 2.75) is 55.1 Å². The second-order valence-electron chi connectivity index (χ2n) is 6.42. The molecule has 21 heavy (non-hydrogen) atoms. The minimum Gasteiger partial charge on any atom is -0.375 e. The lowest BCUT2D eigenvalue weighted by Crippen LogP contribution is -2.44. The van der Waals surface area contributed by atoms with Crippen LogP contribution in [0.2, 0.25) is 5.02 Å². The third-order valence-electron chi connectivity index (χ3n) is 4.91. The molecule has 0 bridgehead atoms. The van der Waals surface area contributed by atoms with Crippen molar-refractivity contribution in [3.05, 3.63) is 29.3 Å². The highest BCUT2D eigenvalue weighted by atomic mass is 35.5. The SMILES string of the molecule is NC(CSc1ccc(Cl)cc1)C1CCOC2(CCCC2)C1. The predicted molar refractivity (Wildman–Crippen MR) is 90.0 cm³/mol. The molecule has 1 aromatic carbocycles. The van der Waals surface area contributed by atoms with Crippen LogP contribution in [0.4, 0.5) is 0 Å². The number of halogens is 1. The van der Waals surface area contributed by atoms with Gasteiger partial charge in [-0.1, -0.05) is 24.4 Å². The first-order valence-corrected chi connectivity index (χ1v) is 9.31. The molecule has 1 heterocycles. The third kappa shape index (κ3) is 3.95. The van der Waals surface area contributed by atoms with Crippen LogP contribution >= 0.6 is 23.4 Å². The molecule has 1 aliphatic heterocycles. The van der Waals surface area contributed by atoms with Crippen molar-refractivity contribution in [1.29, 1.82) is 0 Å². The van der Waals surface area contributed by atoms with E-state index in [0.29, 0.717) is 5.92 Å². The Labute approximate surface area is 136 Å². The number of hydrogen-bond donors (Lipinski definition) is 1. The lowest BCUT2D eigenvalue weighted by atomic mass is 9.81. The average molecular weight is 326 g/mol. The molecule has 0 aromatic heterocycles. The predicted octanol–water partition coefficient (Wildman–Crippen LogP) is 4.50. The van der Waals surface area contributed by atoms with E-state index in [0.717, 1.165) is 30.2 Å². The van der Waals surface area contributed by atoms with Crippen molar-refractivity contribution in [2.24, 2.45) is 11.7 Å². The van der Waals surface area contributed by atoms with Gasteiger partial charge in [-0.2, -0.15) is 0 Å². The topological polar surface area (TPSA) is 35.2 Å². The Morgan fingerprint density at radius 2 is 2.00 bits per heavy atom. The first-order chi connectivity index (χ1) is 10.2. The molecule has 0 amide bonds. The molecule has 2 nitrogen and oxygen atoms in total. The highest BCUT2D eigenvalue weighted by Gasteiger charge is 2.41. The zero-order valence-corrected chi connectivity index (χ0v) is 14.0. The van der Waals surface area contributed by atoms with E-state index in [-0.39, 0.29) is 11.6 Å². The van der Waals surface area contributed by atoms with E-state index in [9.17, 15) is 0 Å². The van der Waals surface area contributed by atoms with Crippen LogP contribution in [0.1, 0.15) is 38.5 Å². The molecule has 116 valence electrons. The van der Waals surface area contributed by atoms with Gasteiger partial charge in [-0.15, -0.1) is 11.8 Å². The highest BCUT2D eigenvalue weighted by molar-refractivity contribution is 7.99. The molecule has 0 radical (unpaired) electrons. The van der Waals surface area contributed by atoms with Crippen molar-refractivity contribution in [1.82, 2.24) is 0 Å². The average Bonchev–Trinajstić information content (AvgIpc) is 2.94. The van der Waals surface area contributed by atoms with Gasteiger partial charge < -0.3 is 10.5 Å². The second kappa shape index (κ2) is 6.91. The largest absolute Gasteiger partial charge is 0.375 e. The molecule has 1 spiro atoms. The number of rotatable bonds is 4. The van der Waals surface area contributed by atoms with Gasteiger partial charge in [0.25, 0.3) is 0 Å². The molecule has 1 aliphatic carbocycles. The fourth-order valence-corrected chi connectivity index (χ4v) is 4.77. The van der Waals surface area contributed by atoms with E-state index >= 15 is 0 Å². The van der Waals surface area contributed by atoms with Gasteiger partial charge in [-0.3, -0.25) is 0 Å². The number of thioether (sulfide) groups is 1. The van der Waals surface area contributed by atoms with E-state index in [1.165, 1.54) is 30.6 Å². The summed E-state index contributed by atoms with van der Waals surface area (Å²) in [4.78, 5) is 1.25. The molecule has 1 aromatic rings. The Morgan fingerprint density at radius 1 is 1.29 bits per heavy atom. The van der Waals surface area contributed by atoms with Crippen LogP contribution in [0.3, 0.4) is 0 Å². The molecule has 1 saturated carbocycles. The first-order valence-electron chi connectivity index (χ1n) is 7.95. The summed E-state index contributed by atoms with van der Waals surface area (Å²) in [7, 11) is 0. The molecule has 2 atom stereocenters. The molecule has 4 heteroatoms. The maximum Gasteiger partial charge on any atom is 0.0685 e. The molecule has 1 saturated heterocycles. The summed E-state index contributed by atoms with van der Waals surface area (Å²) in [5, 5.41) is 0.788. The summed E-state index contributed by atoms with van der Waals surface area (Å²) in [6, 6.07) is 8.28. The Hall–Kier alpha value is -0.220. The Balaban J connectivity index is 1.52. The first kappa shape index (κ1) is 15.7. The third-order valence-corrected chi connectivity index (χ3v) is 6.32. The summed E-state index contributed by atoms with van der Waals surface area (Å²) in [5.74, 6) is 1.58. The van der Waals surface area contributed by atoms with E-state index in [4.69, 9.17) is 22.1 Å². The Bertz CT molecular complexity index is 458. The van der Waals surface area contributed by atoms with Gasteiger partial charge in [-0.25, -0.2) is 0 Å². The van der Waals surface area contributed by atoms with E-state index < -0.39 is 0 Å². The smallest absolute Gasteiger partial charge is 0.0685 e. The Morgan fingerprint density at radius 3 is 2.71 bits per heavy atom. The fraction of sp³-hybridized carbons (Fsp3) is 0.647. The van der Waals surface area contributed by atoms with E-state index in [1.54, 1.807) is 0 Å². The van der Waals surface area contributed by atoms with E-state index in [1.807, 2.05) is 23.9 Å². The van der Waals surface area contributed by atoms with E-state index in [2.05, 4.69) is 12.1 Å². The molecule has 2 aliphatic rings. The summed E-state index contributed by atoms with van der Waals surface area (Å²) >= 11 is 7.75. The number of ether oxygens (including phenoxy) is 1. The van der Waals surface area contributed by atoms with Crippen LogP contribution in [0, 0.1) is 5.92 Å². The van der Waals surface area contributed by atoms with Crippen LogP contribution in [0.5, 0.6) is 0 Å². The van der Waals surface area contributed by atoms with Crippen molar-refractivity contribution >= 4 is 23.4 Å². The minimum absolute atomic E-state index is 0.172. The summed E-state index contributed by atoms with van der Waals surface area (Å²) in [6.07, 6.45) is 7.39. The van der Waals surface area contributed by atoms with Gasteiger partial charge in [0.15, 0.2) is 0 Å². The molecule has 2 N–H and O–H groups in total. The highest BCUT2D eigenvalue weighted by Crippen LogP contribution is 2.43. The van der Waals surface area contributed by atoms with Crippen molar-refractivity contribution in [3.8, 4) is 0 Å². The standard InChI is InChI=1S/C17H24ClNOS/c18-14-3-5-15(6-4-14)21-12-16(19)13-7-10-20-17(11-13)8-1-2-9-17/h3-6,13,16H,1-2,7-12,19H2. The summed E-state index contributed by atoms with van der Waals surface area (Å²) < 4.78 is 6.11. The zero-order valence-electron chi connectivity index (χ0n) is 12.4. The van der Waals surface area contributed by atoms with Crippen LogP contribution in [0.25, 0.3) is 0 Å². The normalized spacial score (nSPS) is 26.1. The monoisotopic (exact) mass is 325 g/mol. The van der Waals surface area contributed by atoms with Gasteiger partial charge in [0.2, 0.25) is 0 Å². The lowest BCUT2D eigenvalue weighted by molar-refractivity contribution is -0.0951. The van der Waals surface area contributed by atoms with Crippen LogP contribution < -0.4 is 5.73 Å². The lowest BCUT2D eigenvalue weighted by Gasteiger charge is -2.40. The molecule has 3 rings (SSSR count). The number of hydrogen-bond acceptors (Lipinski definition) is 3. The maximum atomic E-state index is 6.47. The van der Waals surface area contributed by atoms with Gasteiger partial charge in [0.1, 0.15) is 0 Å². The molecule has 2 fully saturated rings.